The number of hydrazone groups is 1. The van der Waals surface area contributed by atoms with Gasteiger partial charge >= 0.3 is 0 Å². The first kappa shape index (κ1) is 20.7. The Morgan fingerprint density at radius 2 is 1.91 bits per heavy atom. The van der Waals surface area contributed by atoms with E-state index in [0.29, 0.717) is 11.8 Å². The van der Waals surface area contributed by atoms with Gasteiger partial charge in [0, 0.05) is 23.5 Å². The summed E-state index contributed by atoms with van der Waals surface area (Å²) in [5.74, 6) is -1.18. The van der Waals surface area contributed by atoms with Gasteiger partial charge in [-0.2, -0.15) is 5.10 Å². The molecule has 0 bridgehead atoms. The Hall–Kier alpha value is -3.23. The van der Waals surface area contributed by atoms with Crippen molar-refractivity contribution in [2.45, 2.75) is 24.3 Å². The average molecular weight is 464 g/mol. The highest BCUT2D eigenvalue weighted by molar-refractivity contribution is 7.92. The molecular formula is C24H21N3O3S2. The van der Waals surface area contributed by atoms with Crippen LogP contribution in [-0.2, 0) is 14.6 Å². The first-order chi connectivity index (χ1) is 15.4. The lowest BCUT2D eigenvalue weighted by Crippen LogP contribution is -2.32. The molecule has 8 heteroatoms. The predicted octanol–water partition coefficient (Wildman–Crippen LogP) is 4.69. The van der Waals surface area contributed by atoms with Crippen molar-refractivity contribution in [1.82, 2.24) is 9.99 Å². The summed E-state index contributed by atoms with van der Waals surface area (Å²) in [6.45, 7) is 2.00. The molecule has 1 aliphatic heterocycles. The van der Waals surface area contributed by atoms with E-state index in [9.17, 15) is 13.2 Å². The normalized spacial score (nSPS) is 16.5. The van der Waals surface area contributed by atoms with Crippen LogP contribution in [0.3, 0.4) is 0 Å². The first-order valence-electron chi connectivity index (χ1n) is 10.2. The Morgan fingerprint density at radius 3 is 2.66 bits per heavy atom. The number of aromatic nitrogens is 1. The molecule has 0 saturated heterocycles. The summed E-state index contributed by atoms with van der Waals surface area (Å²) in [5.41, 5.74) is 3.56. The van der Waals surface area contributed by atoms with E-state index in [-0.39, 0.29) is 10.9 Å². The molecule has 0 radical (unpaired) electrons. The van der Waals surface area contributed by atoms with Gasteiger partial charge in [-0.25, -0.2) is 13.4 Å². The number of thiophene rings is 1. The van der Waals surface area contributed by atoms with Gasteiger partial charge in [-0.15, -0.1) is 11.3 Å². The number of amides is 1. The fraction of sp³-hybridized carbons (Fsp3) is 0.167. The third-order valence-corrected chi connectivity index (χ3v) is 8.19. The zero-order valence-corrected chi connectivity index (χ0v) is 19.0. The first-order valence-corrected chi connectivity index (χ1v) is 12.7. The van der Waals surface area contributed by atoms with E-state index in [0.717, 1.165) is 27.2 Å². The van der Waals surface area contributed by atoms with Crippen LogP contribution < -0.4 is 0 Å². The fourth-order valence-electron chi connectivity index (χ4n) is 3.99. The molecule has 0 saturated carbocycles. The van der Waals surface area contributed by atoms with Crippen molar-refractivity contribution in [1.29, 1.82) is 0 Å². The van der Waals surface area contributed by atoms with E-state index in [1.165, 1.54) is 11.2 Å². The number of aromatic amines is 1. The van der Waals surface area contributed by atoms with Gasteiger partial charge in [-0.1, -0.05) is 54.1 Å². The van der Waals surface area contributed by atoms with E-state index in [4.69, 9.17) is 0 Å². The molecule has 162 valence electrons. The molecule has 1 N–H and O–H groups in total. The van der Waals surface area contributed by atoms with Gasteiger partial charge < -0.3 is 4.98 Å². The molecule has 0 spiro atoms. The van der Waals surface area contributed by atoms with Crippen LogP contribution in [-0.4, -0.2) is 35.8 Å². The van der Waals surface area contributed by atoms with E-state index in [2.05, 4.69) is 10.1 Å². The van der Waals surface area contributed by atoms with Crippen LogP contribution in [0.4, 0.5) is 0 Å². The second-order valence-corrected chi connectivity index (χ2v) is 10.8. The molecule has 6 nitrogen and oxygen atoms in total. The number of H-pyrrole nitrogens is 1. The van der Waals surface area contributed by atoms with Crippen molar-refractivity contribution in [2.75, 3.05) is 5.75 Å². The monoisotopic (exact) mass is 463 g/mol. The fourth-order valence-corrected chi connectivity index (χ4v) is 6.07. The lowest BCUT2D eigenvalue weighted by atomic mass is 10.00. The standard InChI is InChI=1S/C24H21N3O3S2/c1-16-8-10-17(11-9-16)21-13-20(22-7-4-12-31-22)26-27(21)24(28)15-32(29,30)23-14-25-19-6-3-2-5-18(19)23/h2-12,14,21,25H,13,15H2,1H3/t21-/m0/s1. The van der Waals surface area contributed by atoms with Crippen molar-refractivity contribution in [3.8, 4) is 0 Å². The van der Waals surface area contributed by atoms with Crippen molar-refractivity contribution in [3.05, 3.63) is 88.2 Å². The van der Waals surface area contributed by atoms with Crippen molar-refractivity contribution >= 4 is 43.7 Å². The van der Waals surface area contributed by atoms with Crippen molar-refractivity contribution in [3.63, 3.8) is 0 Å². The summed E-state index contributed by atoms with van der Waals surface area (Å²) in [6, 6.07) is 18.7. The second kappa shape index (κ2) is 8.03. The maximum absolute atomic E-state index is 13.3. The zero-order chi connectivity index (χ0) is 22.3. The van der Waals surface area contributed by atoms with Crippen LogP contribution in [0.2, 0.25) is 0 Å². The summed E-state index contributed by atoms with van der Waals surface area (Å²) >= 11 is 1.56. The maximum atomic E-state index is 13.3. The molecule has 1 atom stereocenters. The molecule has 1 aliphatic rings. The van der Waals surface area contributed by atoms with Gasteiger partial charge in [-0.3, -0.25) is 4.79 Å². The number of rotatable bonds is 5. The number of hydrogen-bond donors (Lipinski definition) is 1. The number of aryl methyl sites for hydroxylation is 1. The minimum atomic E-state index is -3.85. The number of nitrogens with one attached hydrogen (secondary N) is 1. The predicted molar refractivity (Wildman–Crippen MR) is 127 cm³/mol. The minimum Gasteiger partial charge on any atom is -0.360 e. The Kier molecular flexibility index (Phi) is 5.19. The number of hydrogen-bond acceptors (Lipinski definition) is 5. The molecule has 5 rings (SSSR count). The molecule has 2 aromatic heterocycles. The van der Waals surface area contributed by atoms with E-state index in [1.807, 2.05) is 60.8 Å². The third kappa shape index (κ3) is 3.76. The summed E-state index contributed by atoms with van der Waals surface area (Å²) in [6.07, 6.45) is 2.00. The number of carbonyl (C=O) groups excluding carboxylic acids is 1. The van der Waals surface area contributed by atoms with E-state index >= 15 is 0 Å². The summed E-state index contributed by atoms with van der Waals surface area (Å²) in [5, 5.41) is 8.48. The van der Waals surface area contributed by atoms with Gasteiger partial charge in [0.1, 0.15) is 5.75 Å². The van der Waals surface area contributed by atoms with Gasteiger partial charge in [-0.05, 0) is 30.0 Å². The molecule has 0 fully saturated rings. The van der Waals surface area contributed by atoms with Crippen LogP contribution in [0, 0.1) is 6.92 Å². The smallest absolute Gasteiger partial charge is 0.258 e. The summed E-state index contributed by atoms with van der Waals surface area (Å²) in [7, 11) is -3.85. The van der Waals surface area contributed by atoms with Crippen LogP contribution in [0.5, 0.6) is 0 Å². The van der Waals surface area contributed by atoms with Crippen molar-refractivity contribution in [2.24, 2.45) is 5.10 Å². The maximum Gasteiger partial charge on any atom is 0.258 e. The highest BCUT2D eigenvalue weighted by Crippen LogP contribution is 2.34. The Morgan fingerprint density at radius 1 is 1.12 bits per heavy atom. The molecule has 3 heterocycles. The quantitative estimate of drug-likeness (QED) is 0.466. The average Bonchev–Trinajstić information content (AvgIpc) is 3.52. The highest BCUT2D eigenvalue weighted by Gasteiger charge is 2.36. The minimum absolute atomic E-state index is 0.134. The van der Waals surface area contributed by atoms with Crippen LogP contribution in [0.1, 0.15) is 28.5 Å². The van der Waals surface area contributed by atoms with Crippen LogP contribution >= 0.6 is 11.3 Å². The van der Waals surface area contributed by atoms with Crippen molar-refractivity contribution < 1.29 is 13.2 Å². The van der Waals surface area contributed by atoms with Gasteiger partial charge in [0.2, 0.25) is 0 Å². The molecular weight excluding hydrogens is 442 g/mol. The van der Waals surface area contributed by atoms with Gasteiger partial charge in [0.15, 0.2) is 9.84 Å². The lowest BCUT2D eigenvalue weighted by molar-refractivity contribution is -0.130. The van der Waals surface area contributed by atoms with Gasteiger partial charge in [0.25, 0.3) is 5.91 Å². The van der Waals surface area contributed by atoms with Gasteiger partial charge in [0.05, 0.1) is 21.5 Å². The Bertz CT molecular complexity index is 1420. The topological polar surface area (TPSA) is 82.6 Å². The molecule has 32 heavy (non-hydrogen) atoms. The number of nitrogens with zero attached hydrogens (tertiary/aromatic N) is 2. The summed E-state index contributed by atoms with van der Waals surface area (Å²) in [4.78, 5) is 17.4. The lowest BCUT2D eigenvalue weighted by Gasteiger charge is -2.22. The molecule has 0 unspecified atom stereocenters. The van der Waals surface area contributed by atoms with Crippen LogP contribution in [0.25, 0.3) is 10.9 Å². The SMILES string of the molecule is Cc1ccc([C@@H]2CC(c3cccs3)=NN2C(=O)CS(=O)(=O)c2c[nH]c3ccccc23)cc1. The van der Waals surface area contributed by atoms with Crippen LogP contribution in [0.15, 0.2) is 82.2 Å². The Labute approximate surface area is 190 Å². The molecule has 0 aliphatic carbocycles. The number of fused-ring (bicyclic) bond motifs is 1. The molecule has 2 aromatic carbocycles. The number of carbonyl (C=O) groups is 1. The number of para-hydroxylation sites is 1. The Balaban J connectivity index is 1.48. The number of sulfone groups is 1. The van der Waals surface area contributed by atoms with E-state index in [1.54, 1.807) is 23.5 Å². The largest absolute Gasteiger partial charge is 0.360 e. The summed E-state index contributed by atoms with van der Waals surface area (Å²) < 4.78 is 26.3. The highest BCUT2D eigenvalue weighted by atomic mass is 32.2. The third-order valence-electron chi connectivity index (χ3n) is 5.63. The number of benzene rings is 2. The van der Waals surface area contributed by atoms with E-state index < -0.39 is 21.5 Å². The zero-order valence-electron chi connectivity index (χ0n) is 17.4. The second-order valence-electron chi connectivity index (χ2n) is 7.85. The molecule has 1 amide bonds. The molecule has 4 aromatic rings.